The lowest BCUT2D eigenvalue weighted by Crippen LogP contribution is -2.17. The molecule has 6 heteroatoms. The molecule has 0 aliphatic carbocycles. The van der Waals surface area contributed by atoms with Crippen LogP contribution in [0.15, 0.2) is 58.1 Å². The zero-order valence-corrected chi connectivity index (χ0v) is 15.0. The second kappa shape index (κ2) is 6.88. The predicted octanol–water partition coefficient (Wildman–Crippen LogP) is 3.76. The van der Waals surface area contributed by atoms with Crippen LogP contribution in [0.25, 0.3) is 10.9 Å². The largest absolute Gasteiger partial charge is 0.378 e. The second-order valence-electron chi connectivity index (χ2n) is 5.60. The third-order valence-electron chi connectivity index (χ3n) is 3.62. The van der Waals surface area contributed by atoms with Gasteiger partial charge in [0, 0.05) is 35.2 Å². The van der Waals surface area contributed by atoms with E-state index >= 15 is 0 Å². The molecule has 0 saturated heterocycles. The van der Waals surface area contributed by atoms with Crippen molar-refractivity contribution in [2.45, 2.75) is 0 Å². The number of aromatic nitrogens is 1. The lowest BCUT2D eigenvalue weighted by atomic mass is 10.2. The Morgan fingerprint density at radius 1 is 1.17 bits per heavy atom. The van der Waals surface area contributed by atoms with Gasteiger partial charge in [0.2, 0.25) is 0 Å². The quantitative estimate of drug-likeness (QED) is 0.531. The standard InChI is InChI=1S/C18H17BrN4O/c1-23(2)15-6-3-12(4-7-15)11-20-22-18(24)17-10-13-9-14(19)5-8-16(13)21-17/h3-11,21H,1-2H3,(H,22,24)/b20-11+. The van der Waals surface area contributed by atoms with E-state index in [0.717, 1.165) is 26.6 Å². The number of nitrogens with zero attached hydrogens (tertiary/aromatic N) is 2. The van der Waals surface area contributed by atoms with E-state index in [1.165, 1.54) is 0 Å². The number of H-pyrrole nitrogens is 1. The highest BCUT2D eigenvalue weighted by molar-refractivity contribution is 9.10. The van der Waals surface area contributed by atoms with Crippen LogP contribution in [0.1, 0.15) is 16.1 Å². The van der Waals surface area contributed by atoms with Crippen LogP contribution in [0, 0.1) is 0 Å². The molecule has 2 aromatic carbocycles. The molecule has 0 unspecified atom stereocenters. The molecule has 2 N–H and O–H groups in total. The van der Waals surface area contributed by atoms with E-state index in [4.69, 9.17) is 0 Å². The zero-order valence-electron chi connectivity index (χ0n) is 13.4. The van der Waals surface area contributed by atoms with E-state index < -0.39 is 0 Å². The maximum absolute atomic E-state index is 12.2. The molecule has 3 rings (SSSR count). The minimum absolute atomic E-state index is 0.275. The van der Waals surface area contributed by atoms with Crippen molar-refractivity contribution in [2.75, 3.05) is 19.0 Å². The van der Waals surface area contributed by atoms with Gasteiger partial charge in [0.15, 0.2) is 0 Å². The van der Waals surface area contributed by atoms with E-state index in [9.17, 15) is 4.79 Å². The number of fused-ring (bicyclic) bond motifs is 1. The highest BCUT2D eigenvalue weighted by Gasteiger charge is 2.08. The van der Waals surface area contributed by atoms with Crippen molar-refractivity contribution < 1.29 is 4.79 Å². The third-order valence-corrected chi connectivity index (χ3v) is 4.11. The summed E-state index contributed by atoms with van der Waals surface area (Å²) in [7, 11) is 3.98. The average molecular weight is 385 g/mol. The minimum Gasteiger partial charge on any atom is -0.378 e. The maximum atomic E-state index is 12.2. The monoisotopic (exact) mass is 384 g/mol. The Balaban J connectivity index is 1.67. The smallest absolute Gasteiger partial charge is 0.287 e. The molecule has 122 valence electrons. The van der Waals surface area contributed by atoms with Gasteiger partial charge in [-0.25, -0.2) is 5.43 Å². The summed E-state index contributed by atoms with van der Waals surface area (Å²) < 4.78 is 0.972. The van der Waals surface area contributed by atoms with Gasteiger partial charge in [-0.2, -0.15) is 5.10 Å². The van der Waals surface area contributed by atoms with Crippen molar-refractivity contribution in [3.8, 4) is 0 Å². The average Bonchev–Trinajstić information content (AvgIpc) is 2.98. The number of rotatable bonds is 4. The topological polar surface area (TPSA) is 60.5 Å². The fourth-order valence-electron chi connectivity index (χ4n) is 2.31. The number of carbonyl (C=O) groups excluding carboxylic acids is 1. The van der Waals surface area contributed by atoms with Gasteiger partial charge in [0.25, 0.3) is 5.91 Å². The lowest BCUT2D eigenvalue weighted by Gasteiger charge is -2.11. The van der Waals surface area contributed by atoms with Gasteiger partial charge in [0.1, 0.15) is 5.69 Å². The summed E-state index contributed by atoms with van der Waals surface area (Å²) in [6.45, 7) is 0. The van der Waals surface area contributed by atoms with E-state index in [1.54, 1.807) is 12.3 Å². The van der Waals surface area contributed by atoms with Crippen molar-refractivity contribution >= 4 is 44.6 Å². The summed E-state index contributed by atoms with van der Waals surface area (Å²) in [4.78, 5) is 17.3. The zero-order chi connectivity index (χ0) is 17.1. The van der Waals surface area contributed by atoms with Crippen LogP contribution in [-0.4, -0.2) is 31.2 Å². The number of amides is 1. The number of hydrogen-bond donors (Lipinski definition) is 2. The van der Waals surface area contributed by atoms with Crippen LogP contribution in [0.3, 0.4) is 0 Å². The molecule has 24 heavy (non-hydrogen) atoms. The number of anilines is 1. The van der Waals surface area contributed by atoms with Gasteiger partial charge in [-0.1, -0.05) is 28.1 Å². The summed E-state index contributed by atoms with van der Waals surface area (Å²) >= 11 is 3.42. The predicted molar refractivity (Wildman–Crippen MR) is 102 cm³/mol. The number of hydrogen-bond acceptors (Lipinski definition) is 3. The molecule has 1 amide bonds. The van der Waals surface area contributed by atoms with E-state index in [2.05, 4.69) is 31.4 Å². The summed E-state index contributed by atoms with van der Waals surface area (Å²) in [6, 6.07) is 15.5. The minimum atomic E-state index is -0.275. The molecule has 3 aromatic rings. The number of carbonyl (C=O) groups is 1. The van der Waals surface area contributed by atoms with E-state index in [1.807, 2.05) is 61.5 Å². The van der Waals surface area contributed by atoms with Crippen molar-refractivity contribution in [3.63, 3.8) is 0 Å². The van der Waals surface area contributed by atoms with Crippen molar-refractivity contribution in [2.24, 2.45) is 5.10 Å². The van der Waals surface area contributed by atoms with Gasteiger partial charge in [0.05, 0.1) is 6.21 Å². The van der Waals surface area contributed by atoms with Crippen LogP contribution in [0.2, 0.25) is 0 Å². The first-order valence-corrected chi connectivity index (χ1v) is 8.21. The number of benzene rings is 2. The van der Waals surface area contributed by atoms with Gasteiger partial charge < -0.3 is 9.88 Å². The fraction of sp³-hybridized carbons (Fsp3) is 0.111. The van der Waals surface area contributed by atoms with Crippen molar-refractivity contribution in [1.29, 1.82) is 0 Å². The summed E-state index contributed by atoms with van der Waals surface area (Å²) in [5.41, 5.74) is 5.95. The molecule has 5 nitrogen and oxygen atoms in total. The Bertz CT molecular complexity index is 897. The highest BCUT2D eigenvalue weighted by atomic mass is 79.9. The van der Waals surface area contributed by atoms with Crippen LogP contribution < -0.4 is 10.3 Å². The molecule has 0 aliphatic rings. The van der Waals surface area contributed by atoms with Crippen LogP contribution in [0.4, 0.5) is 5.69 Å². The molecule has 0 spiro atoms. The lowest BCUT2D eigenvalue weighted by molar-refractivity contribution is 0.0951. The van der Waals surface area contributed by atoms with Gasteiger partial charge >= 0.3 is 0 Å². The Hall–Kier alpha value is -2.60. The molecule has 1 aromatic heterocycles. The van der Waals surface area contributed by atoms with Gasteiger partial charge in [-0.05, 0) is 42.0 Å². The van der Waals surface area contributed by atoms with E-state index in [0.29, 0.717) is 5.69 Å². The Labute approximate surface area is 148 Å². The van der Waals surface area contributed by atoms with Crippen LogP contribution in [0.5, 0.6) is 0 Å². The van der Waals surface area contributed by atoms with Gasteiger partial charge in [-0.3, -0.25) is 4.79 Å². The number of aromatic amines is 1. The Morgan fingerprint density at radius 3 is 2.62 bits per heavy atom. The third kappa shape index (κ3) is 3.65. The van der Waals surface area contributed by atoms with Crippen LogP contribution in [-0.2, 0) is 0 Å². The molecule has 0 saturated carbocycles. The first-order chi connectivity index (χ1) is 11.5. The molecule has 1 heterocycles. The fourth-order valence-corrected chi connectivity index (χ4v) is 2.69. The molecule has 0 radical (unpaired) electrons. The molecule has 0 fully saturated rings. The number of nitrogens with one attached hydrogen (secondary N) is 2. The second-order valence-corrected chi connectivity index (χ2v) is 6.52. The summed E-state index contributed by atoms with van der Waals surface area (Å²) in [5, 5.41) is 4.98. The molecule has 0 bridgehead atoms. The number of hydrazone groups is 1. The SMILES string of the molecule is CN(C)c1ccc(/C=N/NC(=O)c2cc3cc(Br)ccc3[nH]2)cc1. The van der Waals surface area contributed by atoms with E-state index in [-0.39, 0.29) is 5.91 Å². The van der Waals surface area contributed by atoms with Crippen molar-refractivity contribution in [1.82, 2.24) is 10.4 Å². The Kier molecular flexibility index (Phi) is 4.66. The first kappa shape index (κ1) is 16.3. The molecule has 0 aliphatic heterocycles. The number of halogens is 1. The molecule has 0 atom stereocenters. The normalized spacial score (nSPS) is 11.1. The highest BCUT2D eigenvalue weighted by Crippen LogP contribution is 2.20. The van der Waals surface area contributed by atoms with Crippen LogP contribution >= 0.6 is 15.9 Å². The first-order valence-electron chi connectivity index (χ1n) is 7.42. The molecular weight excluding hydrogens is 368 g/mol. The Morgan fingerprint density at radius 2 is 1.92 bits per heavy atom. The molecular formula is C18H17BrN4O. The van der Waals surface area contributed by atoms with Gasteiger partial charge in [-0.15, -0.1) is 0 Å². The summed E-state index contributed by atoms with van der Waals surface area (Å²) in [5.74, 6) is -0.275. The maximum Gasteiger partial charge on any atom is 0.287 e. The summed E-state index contributed by atoms with van der Waals surface area (Å²) in [6.07, 6.45) is 1.62. The van der Waals surface area contributed by atoms with Crippen molar-refractivity contribution in [3.05, 3.63) is 64.3 Å².